The van der Waals surface area contributed by atoms with Crippen molar-refractivity contribution in [1.29, 1.82) is 0 Å². The predicted octanol–water partition coefficient (Wildman–Crippen LogP) is 3.31. The van der Waals surface area contributed by atoms with Crippen molar-refractivity contribution >= 4 is 5.91 Å². The second-order valence-electron chi connectivity index (χ2n) is 5.25. The van der Waals surface area contributed by atoms with E-state index in [2.05, 4.69) is 18.3 Å². The molecule has 0 saturated heterocycles. The minimum absolute atomic E-state index is 0.0379. The molecule has 0 aliphatic heterocycles. The number of carbonyl (C=O) groups excluding carboxylic acids is 1. The van der Waals surface area contributed by atoms with E-state index in [1.54, 1.807) is 0 Å². The van der Waals surface area contributed by atoms with Crippen molar-refractivity contribution < 1.29 is 9.53 Å². The van der Waals surface area contributed by atoms with Crippen LogP contribution in [0.15, 0.2) is 42.5 Å². The van der Waals surface area contributed by atoms with Crippen molar-refractivity contribution in [3.8, 4) is 5.75 Å². The lowest BCUT2D eigenvalue weighted by atomic mass is 10.1. The lowest BCUT2D eigenvalue weighted by molar-refractivity contribution is -0.123. The zero-order valence-corrected chi connectivity index (χ0v) is 12.8. The molecular formula is C18H21NO2. The largest absolute Gasteiger partial charge is 0.483 e. The average molecular weight is 283 g/mol. The third-order valence-corrected chi connectivity index (χ3v) is 3.48. The fraction of sp³-hybridized carbons (Fsp3) is 0.278. The second-order valence-corrected chi connectivity index (χ2v) is 5.25. The number of amides is 1. The molecule has 1 N–H and O–H groups in total. The van der Waals surface area contributed by atoms with Crippen LogP contribution in [-0.2, 0) is 11.3 Å². The first kappa shape index (κ1) is 15.1. The van der Waals surface area contributed by atoms with Crippen molar-refractivity contribution in [2.45, 2.75) is 27.3 Å². The number of aryl methyl sites for hydroxylation is 3. The zero-order chi connectivity index (χ0) is 15.2. The maximum Gasteiger partial charge on any atom is 0.258 e. The Hall–Kier alpha value is -2.29. The van der Waals surface area contributed by atoms with Crippen LogP contribution < -0.4 is 10.1 Å². The van der Waals surface area contributed by atoms with Gasteiger partial charge in [0.1, 0.15) is 5.75 Å². The van der Waals surface area contributed by atoms with Gasteiger partial charge < -0.3 is 10.1 Å². The van der Waals surface area contributed by atoms with Crippen LogP contribution in [0.5, 0.6) is 5.75 Å². The van der Waals surface area contributed by atoms with Crippen molar-refractivity contribution in [3.63, 3.8) is 0 Å². The molecule has 0 radical (unpaired) electrons. The number of carbonyl (C=O) groups is 1. The third kappa shape index (κ3) is 4.35. The molecule has 2 aromatic rings. The van der Waals surface area contributed by atoms with E-state index in [4.69, 9.17) is 4.74 Å². The highest BCUT2D eigenvalue weighted by Crippen LogP contribution is 2.22. The summed E-state index contributed by atoms with van der Waals surface area (Å²) in [6.07, 6.45) is 0. The number of hydrogen-bond donors (Lipinski definition) is 1. The van der Waals surface area contributed by atoms with Crippen molar-refractivity contribution in [1.82, 2.24) is 5.32 Å². The van der Waals surface area contributed by atoms with Crippen molar-refractivity contribution in [2.75, 3.05) is 6.61 Å². The molecule has 0 atom stereocenters. The molecule has 0 aliphatic carbocycles. The average Bonchev–Trinajstić information content (AvgIpc) is 2.48. The van der Waals surface area contributed by atoms with E-state index in [1.165, 1.54) is 11.1 Å². The van der Waals surface area contributed by atoms with Crippen LogP contribution in [0.4, 0.5) is 0 Å². The highest BCUT2D eigenvalue weighted by molar-refractivity contribution is 5.77. The fourth-order valence-electron chi connectivity index (χ4n) is 2.08. The number of ether oxygens (including phenoxy) is 1. The molecule has 0 unspecified atom stereocenters. The molecule has 21 heavy (non-hydrogen) atoms. The normalized spacial score (nSPS) is 10.2. The van der Waals surface area contributed by atoms with E-state index in [9.17, 15) is 4.79 Å². The molecule has 0 saturated carbocycles. The molecule has 3 nitrogen and oxygen atoms in total. The summed E-state index contributed by atoms with van der Waals surface area (Å²) in [5.41, 5.74) is 4.52. The minimum Gasteiger partial charge on any atom is -0.483 e. The van der Waals surface area contributed by atoms with Crippen LogP contribution in [0.2, 0.25) is 0 Å². The maximum absolute atomic E-state index is 11.8. The fourth-order valence-corrected chi connectivity index (χ4v) is 2.08. The van der Waals surface area contributed by atoms with Gasteiger partial charge in [-0.3, -0.25) is 4.79 Å². The van der Waals surface area contributed by atoms with Gasteiger partial charge in [0.25, 0.3) is 5.91 Å². The van der Waals surface area contributed by atoms with Gasteiger partial charge in [-0.2, -0.15) is 0 Å². The monoisotopic (exact) mass is 283 g/mol. The van der Waals surface area contributed by atoms with Crippen molar-refractivity contribution in [3.05, 3.63) is 64.7 Å². The number of nitrogens with one attached hydrogen (secondary N) is 1. The topological polar surface area (TPSA) is 38.3 Å². The van der Waals surface area contributed by atoms with Gasteiger partial charge >= 0.3 is 0 Å². The molecule has 110 valence electrons. The molecule has 2 rings (SSSR count). The van der Waals surface area contributed by atoms with Gasteiger partial charge in [-0.25, -0.2) is 0 Å². The Labute approximate surface area is 126 Å². The third-order valence-electron chi connectivity index (χ3n) is 3.48. The molecule has 0 aliphatic rings. The Morgan fingerprint density at radius 2 is 1.67 bits per heavy atom. The maximum atomic E-state index is 11.8. The predicted molar refractivity (Wildman–Crippen MR) is 84.4 cm³/mol. The summed E-state index contributed by atoms with van der Waals surface area (Å²) < 4.78 is 5.61. The minimum atomic E-state index is -0.114. The lowest BCUT2D eigenvalue weighted by Gasteiger charge is -2.12. The van der Waals surface area contributed by atoms with E-state index >= 15 is 0 Å². The summed E-state index contributed by atoms with van der Waals surface area (Å²) in [6.45, 7) is 6.66. The van der Waals surface area contributed by atoms with E-state index in [0.717, 1.165) is 16.9 Å². The molecule has 1 amide bonds. The summed E-state index contributed by atoms with van der Waals surface area (Å²) in [4.78, 5) is 11.8. The van der Waals surface area contributed by atoms with Crippen molar-refractivity contribution in [2.24, 2.45) is 0 Å². The number of benzene rings is 2. The van der Waals surface area contributed by atoms with Gasteiger partial charge in [0.05, 0.1) is 0 Å². The van der Waals surface area contributed by atoms with E-state index in [1.807, 2.05) is 50.2 Å². The number of rotatable bonds is 5. The summed E-state index contributed by atoms with van der Waals surface area (Å²) >= 11 is 0. The molecule has 0 aromatic heterocycles. The molecule has 0 bridgehead atoms. The Balaban J connectivity index is 1.85. The van der Waals surface area contributed by atoms with Crippen LogP contribution >= 0.6 is 0 Å². The smallest absolute Gasteiger partial charge is 0.258 e. The van der Waals surface area contributed by atoms with Crippen LogP contribution in [0.3, 0.4) is 0 Å². The van der Waals surface area contributed by atoms with Crippen LogP contribution in [-0.4, -0.2) is 12.5 Å². The van der Waals surface area contributed by atoms with Gasteiger partial charge in [0.2, 0.25) is 0 Å². The van der Waals surface area contributed by atoms with Gasteiger partial charge in [0.15, 0.2) is 6.61 Å². The summed E-state index contributed by atoms with van der Waals surface area (Å²) in [6, 6.07) is 13.9. The summed E-state index contributed by atoms with van der Waals surface area (Å²) in [5.74, 6) is 0.657. The zero-order valence-electron chi connectivity index (χ0n) is 12.8. The van der Waals surface area contributed by atoms with Gasteiger partial charge in [0, 0.05) is 6.54 Å². The first-order valence-corrected chi connectivity index (χ1v) is 7.07. The molecule has 2 aromatic carbocycles. The summed E-state index contributed by atoms with van der Waals surface area (Å²) in [5, 5.41) is 2.85. The SMILES string of the molecule is Cc1cc(C)c(OCC(=O)NCc2ccccc2)cc1C. The van der Waals surface area contributed by atoms with Crippen LogP contribution in [0.1, 0.15) is 22.3 Å². The molecule has 0 spiro atoms. The summed E-state index contributed by atoms with van der Waals surface area (Å²) in [7, 11) is 0. The van der Waals surface area contributed by atoms with E-state index in [0.29, 0.717) is 6.54 Å². The Morgan fingerprint density at radius 1 is 1.00 bits per heavy atom. The Kier molecular flexibility index (Phi) is 4.99. The Morgan fingerprint density at radius 3 is 2.38 bits per heavy atom. The lowest BCUT2D eigenvalue weighted by Crippen LogP contribution is -2.28. The van der Waals surface area contributed by atoms with Gasteiger partial charge in [-0.15, -0.1) is 0 Å². The van der Waals surface area contributed by atoms with Crippen LogP contribution in [0, 0.1) is 20.8 Å². The molecule has 0 fully saturated rings. The number of hydrogen-bond acceptors (Lipinski definition) is 2. The molecule has 3 heteroatoms. The highest BCUT2D eigenvalue weighted by atomic mass is 16.5. The van der Waals surface area contributed by atoms with Crippen LogP contribution in [0.25, 0.3) is 0 Å². The first-order valence-electron chi connectivity index (χ1n) is 7.07. The van der Waals surface area contributed by atoms with Gasteiger partial charge in [-0.1, -0.05) is 36.4 Å². The second kappa shape index (κ2) is 6.93. The quantitative estimate of drug-likeness (QED) is 0.914. The first-order chi connectivity index (χ1) is 10.1. The standard InChI is InChI=1S/C18H21NO2/c1-13-9-15(3)17(10-14(13)2)21-12-18(20)19-11-16-7-5-4-6-8-16/h4-10H,11-12H2,1-3H3,(H,19,20). The highest BCUT2D eigenvalue weighted by Gasteiger charge is 2.06. The van der Waals surface area contributed by atoms with E-state index in [-0.39, 0.29) is 12.5 Å². The van der Waals surface area contributed by atoms with E-state index < -0.39 is 0 Å². The molecule has 0 heterocycles. The van der Waals surface area contributed by atoms with Gasteiger partial charge in [-0.05, 0) is 49.1 Å². The molecular weight excluding hydrogens is 262 g/mol. The Bertz CT molecular complexity index is 621.